The molecule has 0 saturated heterocycles. The van der Waals surface area contributed by atoms with Gasteiger partial charge in [-0.05, 0) is 55.5 Å². The molecule has 0 amide bonds. The smallest absolute Gasteiger partial charge is 0.278 e. The van der Waals surface area contributed by atoms with Gasteiger partial charge in [-0.1, -0.05) is 25.4 Å². The molecule has 0 unspecified atom stereocenters. The van der Waals surface area contributed by atoms with E-state index in [0.29, 0.717) is 27.7 Å². The Balaban J connectivity index is 2.35. The zero-order chi connectivity index (χ0) is 22.0. The zero-order valence-electron chi connectivity index (χ0n) is 17.7. The van der Waals surface area contributed by atoms with Gasteiger partial charge in [0.1, 0.15) is 11.3 Å². The summed E-state index contributed by atoms with van der Waals surface area (Å²) in [6.07, 6.45) is 0.705. The van der Waals surface area contributed by atoms with Crippen molar-refractivity contribution in [2.75, 3.05) is 13.7 Å². The predicted octanol–water partition coefficient (Wildman–Crippen LogP) is 3.39. The molecule has 0 aliphatic rings. The van der Waals surface area contributed by atoms with E-state index in [1.165, 1.54) is 4.57 Å². The second-order valence-electron chi connectivity index (χ2n) is 7.44. The minimum atomic E-state index is -1.10. The number of ether oxygens (including phenoxy) is 1. The fourth-order valence-corrected chi connectivity index (χ4v) is 4.10. The summed E-state index contributed by atoms with van der Waals surface area (Å²) >= 11 is 6.47. The summed E-state index contributed by atoms with van der Waals surface area (Å²) in [5, 5.41) is 24.6. The standard InChI is InChI=1S/C22H28ClN3O4/c1-5-14(6-2)18-9-13(3)26-20(18)22(29)25(11-15(28)12-27)21(24-26)17-8-7-16(30-4)10-19(17)23/h7-10,14-15,27-28H,5-6,11-12H2,1-4H3/t15-/m1/s1. The number of aryl methyl sites for hydroxylation is 1. The molecule has 3 rings (SSSR count). The third-order valence-corrected chi connectivity index (χ3v) is 5.84. The van der Waals surface area contributed by atoms with E-state index in [9.17, 15) is 15.0 Å². The predicted molar refractivity (Wildman–Crippen MR) is 118 cm³/mol. The molecule has 3 aromatic rings. The van der Waals surface area contributed by atoms with Crippen LogP contribution in [0.4, 0.5) is 0 Å². The molecule has 162 valence electrons. The molecule has 30 heavy (non-hydrogen) atoms. The van der Waals surface area contributed by atoms with E-state index < -0.39 is 12.7 Å². The van der Waals surface area contributed by atoms with Gasteiger partial charge in [-0.2, -0.15) is 0 Å². The maximum absolute atomic E-state index is 13.6. The van der Waals surface area contributed by atoms with Gasteiger partial charge >= 0.3 is 0 Å². The SMILES string of the molecule is CCC(CC)c1cc(C)n2nc(-c3ccc(OC)cc3Cl)n(C[C@@H](O)CO)c(=O)c12. The van der Waals surface area contributed by atoms with Crippen molar-refractivity contribution in [1.29, 1.82) is 0 Å². The van der Waals surface area contributed by atoms with Gasteiger partial charge in [0.05, 0.1) is 31.4 Å². The van der Waals surface area contributed by atoms with Crippen LogP contribution in [0.2, 0.25) is 5.02 Å². The molecular formula is C22H28ClN3O4. The maximum Gasteiger partial charge on any atom is 0.278 e. The number of aromatic nitrogens is 3. The van der Waals surface area contributed by atoms with Crippen molar-refractivity contribution in [2.24, 2.45) is 0 Å². The van der Waals surface area contributed by atoms with Crippen molar-refractivity contribution in [3.05, 3.63) is 50.9 Å². The first-order valence-electron chi connectivity index (χ1n) is 10.1. The highest BCUT2D eigenvalue weighted by Gasteiger charge is 2.23. The summed E-state index contributed by atoms with van der Waals surface area (Å²) < 4.78 is 8.27. The summed E-state index contributed by atoms with van der Waals surface area (Å²) in [7, 11) is 1.55. The normalized spacial score (nSPS) is 12.7. The van der Waals surface area contributed by atoms with Crippen LogP contribution in [0, 0.1) is 6.92 Å². The topological polar surface area (TPSA) is 89.0 Å². The summed E-state index contributed by atoms with van der Waals surface area (Å²) in [5.74, 6) is 1.14. The Morgan fingerprint density at radius 3 is 2.50 bits per heavy atom. The van der Waals surface area contributed by atoms with Gasteiger partial charge in [0.25, 0.3) is 5.56 Å². The summed E-state index contributed by atoms with van der Waals surface area (Å²) in [5.41, 5.74) is 2.58. The molecule has 0 aliphatic carbocycles. The molecule has 2 N–H and O–H groups in total. The van der Waals surface area contributed by atoms with Crippen molar-refractivity contribution < 1.29 is 14.9 Å². The van der Waals surface area contributed by atoms with Crippen molar-refractivity contribution in [2.45, 2.75) is 52.2 Å². The summed E-state index contributed by atoms with van der Waals surface area (Å²) in [6.45, 7) is 5.55. The van der Waals surface area contributed by atoms with Gasteiger partial charge in [0, 0.05) is 11.3 Å². The lowest BCUT2D eigenvalue weighted by molar-refractivity contribution is 0.0805. The Bertz CT molecular complexity index is 1100. The van der Waals surface area contributed by atoms with E-state index in [2.05, 4.69) is 13.8 Å². The second kappa shape index (κ2) is 9.20. The van der Waals surface area contributed by atoms with E-state index in [0.717, 1.165) is 24.1 Å². The molecule has 0 spiro atoms. The summed E-state index contributed by atoms with van der Waals surface area (Å²) in [4.78, 5) is 13.6. The Morgan fingerprint density at radius 1 is 1.23 bits per heavy atom. The highest BCUT2D eigenvalue weighted by Crippen LogP contribution is 2.32. The van der Waals surface area contributed by atoms with Crippen LogP contribution in [-0.2, 0) is 6.54 Å². The number of fused-ring (bicyclic) bond motifs is 1. The van der Waals surface area contributed by atoms with Crippen molar-refractivity contribution >= 4 is 17.1 Å². The van der Waals surface area contributed by atoms with Gasteiger partial charge < -0.3 is 14.9 Å². The number of aliphatic hydroxyl groups excluding tert-OH is 2. The van der Waals surface area contributed by atoms with E-state index in [-0.39, 0.29) is 18.0 Å². The minimum Gasteiger partial charge on any atom is -0.497 e. The van der Waals surface area contributed by atoms with Crippen LogP contribution < -0.4 is 10.3 Å². The number of aliphatic hydroxyl groups is 2. The number of benzene rings is 1. The molecule has 2 aromatic heterocycles. The zero-order valence-corrected chi connectivity index (χ0v) is 18.5. The lowest BCUT2D eigenvalue weighted by atomic mass is 9.95. The van der Waals surface area contributed by atoms with E-state index in [4.69, 9.17) is 21.4 Å². The largest absolute Gasteiger partial charge is 0.497 e. The quantitative estimate of drug-likeness (QED) is 0.568. The Hall–Kier alpha value is -2.35. The first kappa shape index (κ1) is 22.3. The summed E-state index contributed by atoms with van der Waals surface area (Å²) in [6, 6.07) is 7.13. The molecule has 7 nitrogen and oxygen atoms in total. The van der Waals surface area contributed by atoms with Gasteiger partial charge in [-0.3, -0.25) is 9.36 Å². The first-order chi connectivity index (χ1) is 14.4. The van der Waals surface area contributed by atoms with E-state index >= 15 is 0 Å². The highest BCUT2D eigenvalue weighted by molar-refractivity contribution is 6.33. The average Bonchev–Trinajstić information content (AvgIpc) is 3.07. The van der Waals surface area contributed by atoms with Crippen LogP contribution >= 0.6 is 11.6 Å². The van der Waals surface area contributed by atoms with Crippen molar-refractivity contribution in [1.82, 2.24) is 14.2 Å². The number of hydrogen-bond donors (Lipinski definition) is 2. The van der Waals surface area contributed by atoms with Crippen molar-refractivity contribution in [3.8, 4) is 17.1 Å². The lowest BCUT2D eigenvalue weighted by Gasteiger charge is -2.18. The van der Waals surface area contributed by atoms with E-state index in [1.54, 1.807) is 29.8 Å². The fraction of sp³-hybridized carbons (Fsp3) is 0.455. The second-order valence-corrected chi connectivity index (χ2v) is 7.84. The van der Waals surface area contributed by atoms with Crippen LogP contribution in [0.15, 0.2) is 29.1 Å². The fourth-order valence-electron chi connectivity index (χ4n) is 3.85. The van der Waals surface area contributed by atoms with Gasteiger partial charge in [0.15, 0.2) is 5.82 Å². The van der Waals surface area contributed by atoms with Crippen molar-refractivity contribution in [3.63, 3.8) is 0 Å². The number of hydrogen-bond acceptors (Lipinski definition) is 5. The molecule has 0 aliphatic heterocycles. The van der Waals surface area contributed by atoms with Crippen LogP contribution in [0.25, 0.3) is 16.9 Å². The van der Waals surface area contributed by atoms with Crippen LogP contribution in [0.3, 0.4) is 0 Å². The molecular weight excluding hydrogens is 406 g/mol. The number of methoxy groups -OCH3 is 1. The van der Waals surface area contributed by atoms with Gasteiger partial charge in [0.2, 0.25) is 0 Å². The Morgan fingerprint density at radius 2 is 1.93 bits per heavy atom. The lowest BCUT2D eigenvalue weighted by Crippen LogP contribution is -2.32. The molecule has 0 radical (unpaired) electrons. The average molecular weight is 434 g/mol. The molecule has 1 aromatic carbocycles. The number of halogens is 1. The Kier molecular flexibility index (Phi) is 6.85. The van der Waals surface area contributed by atoms with E-state index in [1.807, 2.05) is 13.0 Å². The third kappa shape index (κ3) is 3.97. The number of rotatable bonds is 8. The molecule has 0 fully saturated rings. The van der Waals surface area contributed by atoms with Crippen LogP contribution in [-0.4, -0.2) is 44.2 Å². The van der Waals surface area contributed by atoms with Gasteiger partial charge in [-0.15, -0.1) is 5.10 Å². The van der Waals surface area contributed by atoms with Crippen LogP contribution in [0.5, 0.6) is 5.75 Å². The molecule has 1 atom stereocenters. The molecule has 2 heterocycles. The van der Waals surface area contributed by atoms with Crippen LogP contribution in [0.1, 0.15) is 43.9 Å². The first-order valence-corrected chi connectivity index (χ1v) is 10.5. The number of nitrogens with zero attached hydrogens (tertiary/aromatic N) is 3. The third-order valence-electron chi connectivity index (χ3n) is 5.53. The maximum atomic E-state index is 13.6. The Labute approximate surface area is 180 Å². The monoisotopic (exact) mass is 433 g/mol. The minimum absolute atomic E-state index is 0.0941. The molecule has 0 bridgehead atoms. The highest BCUT2D eigenvalue weighted by atomic mass is 35.5. The van der Waals surface area contributed by atoms with Gasteiger partial charge in [-0.25, -0.2) is 4.52 Å². The molecule has 8 heteroatoms. The molecule has 0 saturated carbocycles.